The molecule has 0 unspecified atom stereocenters. The van der Waals surface area contributed by atoms with Crippen molar-refractivity contribution >= 4 is 29.9 Å². The first-order valence-electron chi connectivity index (χ1n) is 11.7. The average Bonchev–Trinajstić information content (AvgIpc) is 2.96. The van der Waals surface area contributed by atoms with Gasteiger partial charge in [0.1, 0.15) is 0 Å². The van der Waals surface area contributed by atoms with Crippen molar-refractivity contribution in [3.8, 4) is 0 Å². The lowest BCUT2D eigenvalue weighted by Crippen LogP contribution is -2.46. The highest BCUT2D eigenvalue weighted by Gasteiger charge is 2.21. The minimum Gasteiger partial charge on any atom is -0.357 e. The Balaban J connectivity index is 0.00000320. The normalized spacial score (nSPS) is 19.9. The topological polar surface area (TPSA) is 34.1 Å². The van der Waals surface area contributed by atoms with Crippen molar-refractivity contribution in [2.24, 2.45) is 10.9 Å². The summed E-state index contributed by atoms with van der Waals surface area (Å²) < 4.78 is 0. The van der Waals surface area contributed by atoms with Gasteiger partial charge in [0.15, 0.2) is 5.96 Å². The molecule has 5 nitrogen and oxygen atoms in total. The van der Waals surface area contributed by atoms with Gasteiger partial charge in [0, 0.05) is 39.3 Å². The Bertz CT molecular complexity index is 601. The van der Waals surface area contributed by atoms with Crippen LogP contribution in [-0.2, 0) is 6.42 Å². The zero-order valence-corrected chi connectivity index (χ0v) is 21.4. The Labute approximate surface area is 201 Å². The van der Waals surface area contributed by atoms with E-state index >= 15 is 0 Å². The van der Waals surface area contributed by atoms with Crippen LogP contribution in [0.5, 0.6) is 0 Å². The van der Waals surface area contributed by atoms with Gasteiger partial charge in [-0.2, -0.15) is 0 Å². The molecule has 0 bridgehead atoms. The van der Waals surface area contributed by atoms with Gasteiger partial charge in [-0.1, -0.05) is 30.3 Å². The summed E-state index contributed by atoms with van der Waals surface area (Å²) in [6, 6.07) is 11.0. The van der Waals surface area contributed by atoms with E-state index in [0.29, 0.717) is 0 Å². The van der Waals surface area contributed by atoms with Crippen LogP contribution in [0.1, 0.15) is 38.2 Å². The summed E-state index contributed by atoms with van der Waals surface area (Å²) in [5.74, 6) is 1.93. The smallest absolute Gasteiger partial charge is 0.193 e. The van der Waals surface area contributed by atoms with Gasteiger partial charge in [0.2, 0.25) is 0 Å². The largest absolute Gasteiger partial charge is 0.357 e. The Morgan fingerprint density at radius 1 is 1.03 bits per heavy atom. The van der Waals surface area contributed by atoms with Crippen LogP contribution < -0.4 is 5.32 Å². The summed E-state index contributed by atoms with van der Waals surface area (Å²) in [5, 5.41) is 3.53. The van der Waals surface area contributed by atoms with Crippen LogP contribution in [0.15, 0.2) is 35.3 Å². The van der Waals surface area contributed by atoms with Crippen LogP contribution in [0.25, 0.3) is 0 Å². The molecule has 30 heavy (non-hydrogen) atoms. The molecular weight excluding hydrogens is 485 g/mol. The highest BCUT2D eigenvalue weighted by Crippen LogP contribution is 2.21. The van der Waals surface area contributed by atoms with Crippen LogP contribution in [-0.4, -0.2) is 86.6 Å². The maximum Gasteiger partial charge on any atom is 0.193 e. The van der Waals surface area contributed by atoms with E-state index in [9.17, 15) is 0 Å². The highest BCUT2D eigenvalue weighted by atomic mass is 127. The van der Waals surface area contributed by atoms with E-state index in [1.54, 1.807) is 0 Å². The molecule has 0 aromatic heterocycles. The highest BCUT2D eigenvalue weighted by molar-refractivity contribution is 14.0. The second-order valence-corrected chi connectivity index (χ2v) is 8.71. The first kappa shape index (κ1) is 25.4. The van der Waals surface area contributed by atoms with Crippen molar-refractivity contribution in [3.63, 3.8) is 0 Å². The third-order valence-corrected chi connectivity index (χ3v) is 6.32. The number of benzene rings is 1. The summed E-state index contributed by atoms with van der Waals surface area (Å²) in [4.78, 5) is 12.5. The number of guanidine groups is 1. The molecule has 0 amide bonds. The number of likely N-dealkylation sites (tertiary alicyclic amines) is 1. The van der Waals surface area contributed by atoms with E-state index in [2.05, 4.69) is 64.3 Å². The Morgan fingerprint density at radius 3 is 2.53 bits per heavy atom. The minimum absolute atomic E-state index is 0. The van der Waals surface area contributed by atoms with Crippen LogP contribution in [0.3, 0.4) is 0 Å². The molecule has 2 aliphatic rings. The van der Waals surface area contributed by atoms with E-state index in [4.69, 9.17) is 4.99 Å². The van der Waals surface area contributed by atoms with Gasteiger partial charge in [0.25, 0.3) is 0 Å². The predicted molar refractivity (Wildman–Crippen MR) is 139 cm³/mol. The molecule has 2 fully saturated rings. The minimum atomic E-state index is 0. The van der Waals surface area contributed by atoms with Gasteiger partial charge >= 0.3 is 0 Å². The van der Waals surface area contributed by atoms with Crippen LogP contribution in [0.2, 0.25) is 0 Å². The molecule has 2 heterocycles. The molecule has 170 valence electrons. The molecule has 6 heteroatoms. The van der Waals surface area contributed by atoms with Gasteiger partial charge in [-0.15, -0.1) is 24.0 Å². The SMILES string of the molecule is CCNC(=NCCCN1CCCN(C)CC1)N1CCC(Cc2ccccc2)CC1.I. The maximum absolute atomic E-state index is 4.96. The lowest BCUT2D eigenvalue weighted by molar-refractivity contribution is 0.258. The number of hydrogen-bond donors (Lipinski definition) is 1. The third-order valence-electron chi connectivity index (χ3n) is 6.32. The number of nitrogens with one attached hydrogen (secondary N) is 1. The molecular formula is C24H42IN5. The molecule has 3 rings (SSSR count). The van der Waals surface area contributed by atoms with E-state index in [0.717, 1.165) is 44.5 Å². The number of aliphatic imine (C=N–C) groups is 1. The lowest BCUT2D eigenvalue weighted by Gasteiger charge is -2.34. The molecule has 0 atom stereocenters. The molecule has 0 aliphatic carbocycles. The second kappa shape index (κ2) is 14.2. The number of likely N-dealkylation sites (N-methyl/N-ethyl adjacent to an activating group) is 1. The standard InChI is InChI=1S/C24H41N5.HI/c1-3-25-24(26-13-7-15-28-16-8-14-27(2)19-20-28)29-17-11-23(12-18-29)21-22-9-5-4-6-10-22;/h4-6,9-10,23H,3,7-8,11-21H2,1-2H3,(H,25,26);1H. The van der Waals surface area contributed by atoms with E-state index in [1.807, 2.05) is 0 Å². The molecule has 0 radical (unpaired) electrons. The number of nitrogens with zero attached hydrogens (tertiary/aromatic N) is 4. The fourth-order valence-corrected chi connectivity index (χ4v) is 4.52. The zero-order chi connectivity index (χ0) is 20.3. The monoisotopic (exact) mass is 527 g/mol. The van der Waals surface area contributed by atoms with Crippen molar-refractivity contribution in [3.05, 3.63) is 35.9 Å². The van der Waals surface area contributed by atoms with E-state index in [1.165, 1.54) is 64.0 Å². The number of rotatable bonds is 7. The van der Waals surface area contributed by atoms with E-state index < -0.39 is 0 Å². The average molecular weight is 528 g/mol. The molecule has 2 saturated heterocycles. The van der Waals surface area contributed by atoms with Crippen LogP contribution >= 0.6 is 24.0 Å². The Hall–Kier alpha value is -0.860. The maximum atomic E-state index is 4.96. The quantitative estimate of drug-likeness (QED) is 0.255. The fraction of sp³-hybridized carbons (Fsp3) is 0.708. The van der Waals surface area contributed by atoms with Crippen molar-refractivity contribution < 1.29 is 0 Å². The Morgan fingerprint density at radius 2 is 1.80 bits per heavy atom. The van der Waals surface area contributed by atoms with Crippen molar-refractivity contribution in [1.82, 2.24) is 20.0 Å². The summed E-state index contributed by atoms with van der Waals surface area (Å²) >= 11 is 0. The molecule has 1 aromatic carbocycles. The number of piperidine rings is 1. The van der Waals surface area contributed by atoms with Gasteiger partial charge in [-0.3, -0.25) is 4.99 Å². The summed E-state index contributed by atoms with van der Waals surface area (Å²) in [6.45, 7) is 12.4. The summed E-state index contributed by atoms with van der Waals surface area (Å²) in [6.07, 6.45) is 6.19. The van der Waals surface area contributed by atoms with Crippen molar-refractivity contribution in [1.29, 1.82) is 0 Å². The van der Waals surface area contributed by atoms with Gasteiger partial charge in [-0.25, -0.2) is 0 Å². The molecule has 0 saturated carbocycles. The molecule has 0 spiro atoms. The summed E-state index contributed by atoms with van der Waals surface area (Å²) in [5.41, 5.74) is 1.48. The first-order valence-corrected chi connectivity index (χ1v) is 11.7. The lowest BCUT2D eigenvalue weighted by atomic mass is 9.90. The fourth-order valence-electron chi connectivity index (χ4n) is 4.52. The molecule has 1 N–H and O–H groups in total. The Kier molecular flexibility index (Phi) is 12.1. The van der Waals surface area contributed by atoms with Crippen molar-refractivity contribution in [2.45, 2.75) is 39.0 Å². The van der Waals surface area contributed by atoms with E-state index in [-0.39, 0.29) is 24.0 Å². The summed E-state index contributed by atoms with van der Waals surface area (Å²) in [7, 11) is 2.24. The van der Waals surface area contributed by atoms with Gasteiger partial charge < -0.3 is 20.0 Å². The zero-order valence-electron chi connectivity index (χ0n) is 19.1. The second-order valence-electron chi connectivity index (χ2n) is 8.71. The van der Waals surface area contributed by atoms with Gasteiger partial charge in [-0.05, 0) is 77.2 Å². The van der Waals surface area contributed by atoms with Crippen LogP contribution in [0.4, 0.5) is 0 Å². The number of hydrogen-bond acceptors (Lipinski definition) is 3. The molecule has 2 aliphatic heterocycles. The predicted octanol–water partition coefficient (Wildman–Crippen LogP) is 3.55. The van der Waals surface area contributed by atoms with Gasteiger partial charge in [0.05, 0.1) is 0 Å². The molecule has 1 aromatic rings. The van der Waals surface area contributed by atoms with Crippen LogP contribution in [0, 0.1) is 5.92 Å². The van der Waals surface area contributed by atoms with Crippen molar-refractivity contribution in [2.75, 3.05) is 66.0 Å². The number of halogens is 1. The third kappa shape index (κ3) is 8.71. The first-order chi connectivity index (χ1) is 14.2.